The minimum absolute atomic E-state index is 0.156. The second-order valence-corrected chi connectivity index (χ2v) is 4.44. The zero-order valence-electron chi connectivity index (χ0n) is 11.4. The Balaban J connectivity index is 2.36. The minimum Gasteiger partial charge on any atom is -0.370 e. The van der Waals surface area contributed by atoms with Gasteiger partial charge in [-0.3, -0.25) is 14.4 Å². The van der Waals surface area contributed by atoms with Crippen LogP contribution in [0.15, 0.2) is 24.3 Å². The van der Waals surface area contributed by atoms with Gasteiger partial charge in [-0.1, -0.05) is 0 Å². The van der Waals surface area contributed by atoms with Crippen LogP contribution in [0.4, 0.5) is 5.69 Å². The molecule has 4 N–H and O–H groups in total. The first-order valence-corrected chi connectivity index (χ1v) is 6.43. The molecule has 6 heteroatoms. The highest BCUT2D eigenvalue weighted by Gasteiger charge is 2.05. The number of nitrogens with one attached hydrogen (secondary N) is 2. The molecule has 0 aliphatic carbocycles. The number of benzene rings is 1. The van der Waals surface area contributed by atoms with Crippen LogP contribution in [0.5, 0.6) is 0 Å². The van der Waals surface area contributed by atoms with Gasteiger partial charge in [-0.05, 0) is 37.1 Å². The van der Waals surface area contributed by atoms with E-state index in [4.69, 9.17) is 5.73 Å². The van der Waals surface area contributed by atoms with E-state index in [1.165, 1.54) is 6.92 Å². The van der Waals surface area contributed by atoms with Crippen LogP contribution in [-0.2, 0) is 9.59 Å². The Kier molecular flexibility index (Phi) is 6.22. The molecule has 0 aliphatic heterocycles. The number of amides is 3. The van der Waals surface area contributed by atoms with Crippen molar-refractivity contribution >= 4 is 23.4 Å². The molecule has 0 fully saturated rings. The Bertz CT molecular complexity index is 483. The van der Waals surface area contributed by atoms with E-state index < -0.39 is 0 Å². The SMILES string of the molecule is CC(=O)Nc1ccc(C(=O)NCCCCC(N)=O)cc1. The van der Waals surface area contributed by atoms with E-state index in [9.17, 15) is 14.4 Å². The summed E-state index contributed by atoms with van der Waals surface area (Å²) >= 11 is 0. The summed E-state index contributed by atoms with van der Waals surface area (Å²) in [5.74, 6) is -0.667. The molecule has 0 bridgehead atoms. The maximum Gasteiger partial charge on any atom is 0.251 e. The standard InChI is InChI=1S/C14H19N3O3/c1-10(18)17-12-7-5-11(6-8-12)14(20)16-9-3-2-4-13(15)19/h5-8H,2-4,9H2,1H3,(H2,15,19)(H,16,20)(H,17,18). The smallest absolute Gasteiger partial charge is 0.251 e. The molecule has 0 saturated carbocycles. The maximum absolute atomic E-state index is 11.8. The highest BCUT2D eigenvalue weighted by molar-refractivity contribution is 5.95. The van der Waals surface area contributed by atoms with E-state index in [0.717, 1.165) is 0 Å². The molecule has 108 valence electrons. The van der Waals surface area contributed by atoms with Gasteiger partial charge in [0.15, 0.2) is 0 Å². The largest absolute Gasteiger partial charge is 0.370 e. The third-order valence-corrected chi connectivity index (χ3v) is 2.60. The van der Waals surface area contributed by atoms with Crippen LogP contribution in [0.3, 0.4) is 0 Å². The summed E-state index contributed by atoms with van der Waals surface area (Å²) in [7, 11) is 0. The van der Waals surface area contributed by atoms with E-state index in [0.29, 0.717) is 37.1 Å². The zero-order chi connectivity index (χ0) is 15.0. The van der Waals surface area contributed by atoms with Gasteiger partial charge in [0, 0.05) is 31.1 Å². The molecule has 0 spiro atoms. The van der Waals surface area contributed by atoms with Crippen molar-refractivity contribution in [2.45, 2.75) is 26.2 Å². The van der Waals surface area contributed by atoms with Crippen LogP contribution in [0.25, 0.3) is 0 Å². The molecule has 1 rings (SSSR count). The molecule has 0 atom stereocenters. The number of hydrogen-bond acceptors (Lipinski definition) is 3. The van der Waals surface area contributed by atoms with Gasteiger partial charge in [-0.25, -0.2) is 0 Å². The summed E-state index contributed by atoms with van der Waals surface area (Å²) in [4.78, 5) is 33.2. The molecule has 6 nitrogen and oxygen atoms in total. The number of nitrogens with two attached hydrogens (primary N) is 1. The van der Waals surface area contributed by atoms with Crippen molar-refractivity contribution in [3.63, 3.8) is 0 Å². The minimum atomic E-state index is -0.329. The molecular formula is C14H19N3O3. The van der Waals surface area contributed by atoms with Crippen molar-refractivity contribution in [2.24, 2.45) is 5.73 Å². The van der Waals surface area contributed by atoms with Crippen LogP contribution in [0.1, 0.15) is 36.5 Å². The molecule has 0 radical (unpaired) electrons. The van der Waals surface area contributed by atoms with Gasteiger partial charge in [0.2, 0.25) is 11.8 Å². The van der Waals surface area contributed by atoms with Crippen LogP contribution in [0, 0.1) is 0 Å². The highest BCUT2D eigenvalue weighted by Crippen LogP contribution is 2.09. The third kappa shape index (κ3) is 5.99. The van der Waals surface area contributed by atoms with Gasteiger partial charge in [0.25, 0.3) is 5.91 Å². The van der Waals surface area contributed by atoms with E-state index in [1.807, 2.05) is 0 Å². The molecule has 0 heterocycles. The number of primary amides is 1. The Labute approximate surface area is 117 Å². The maximum atomic E-state index is 11.8. The molecule has 0 unspecified atom stereocenters. The second kappa shape index (κ2) is 7.93. The fourth-order valence-corrected chi connectivity index (χ4v) is 1.64. The van der Waals surface area contributed by atoms with E-state index in [2.05, 4.69) is 10.6 Å². The number of carbonyl (C=O) groups excluding carboxylic acids is 3. The van der Waals surface area contributed by atoms with Crippen molar-refractivity contribution < 1.29 is 14.4 Å². The van der Waals surface area contributed by atoms with Crippen molar-refractivity contribution in [2.75, 3.05) is 11.9 Å². The van der Waals surface area contributed by atoms with Gasteiger partial charge in [-0.2, -0.15) is 0 Å². The Hall–Kier alpha value is -2.37. The summed E-state index contributed by atoms with van der Waals surface area (Å²) in [6.45, 7) is 1.92. The fraction of sp³-hybridized carbons (Fsp3) is 0.357. The second-order valence-electron chi connectivity index (χ2n) is 4.44. The lowest BCUT2D eigenvalue weighted by molar-refractivity contribution is -0.118. The first-order valence-electron chi connectivity index (χ1n) is 6.43. The van der Waals surface area contributed by atoms with Gasteiger partial charge in [0.1, 0.15) is 0 Å². The van der Waals surface area contributed by atoms with Crippen molar-refractivity contribution in [3.8, 4) is 0 Å². The number of hydrogen-bond donors (Lipinski definition) is 3. The first kappa shape index (κ1) is 15.7. The van der Waals surface area contributed by atoms with Gasteiger partial charge >= 0.3 is 0 Å². The van der Waals surface area contributed by atoms with Crippen molar-refractivity contribution in [1.82, 2.24) is 5.32 Å². The Morgan fingerprint density at radius 2 is 1.75 bits per heavy atom. The van der Waals surface area contributed by atoms with Gasteiger partial charge in [0.05, 0.1) is 0 Å². The van der Waals surface area contributed by atoms with Crippen molar-refractivity contribution in [3.05, 3.63) is 29.8 Å². The topological polar surface area (TPSA) is 101 Å². The van der Waals surface area contributed by atoms with E-state index in [-0.39, 0.29) is 17.7 Å². The molecule has 1 aromatic rings. The number of carbonyl (C=O) groups is 3. The van der Waals surface area contributed by atoms with Crippen LogP contribution < -0.4 is 16.4 Å². The average molecular weight is 277 g/mol. The highest BCUT2D eigenvalue weighted by atomic mass is 16.2. The zero-order valence-corrected chi connectivity index (χ0v) is 11.4. The summed E-state index contributed by atoms with van der Waals surface area (Å²) in [5.41, 5.74) is 6.19. The fourth-order valence-electron chi connectivity index (χ4n) is 1.64. The van der Waals surface area contributed by atoms with Gasteiger partial charge in [-0.15, -0.1) is 0 Å². The monoisotopic (exact) mass is 277 g/mol. The summed E-state index contributed by atoms with van der Waals surface area (Å²) in [6.07, 6.45) is 1.71. The van der Waals surface area contributed by atoms with Crippen molar-refractivity contribution in [1.29, 1.82) is 0 Å². The lowest BCUT2D eigenvalue weighted by Crippen LogP contribution is -2.24. The Morgan fingerprint density at radius 1 is 1.10 bits per heavy atom. The quantitative estimate of drug-likeness (QED) is 0.649. The normalized spacial score (nSPS) is 9.85. The molecular weight excluding hydrogens is 258 g/mol. The summed E-state index contributed by atoms with van der Waals surface area (Å²) < 4.78 is 0. The number of rotatable bonds is 7. The van der Waals surface area contributed by atoms with Crippen LogP contribution in [-0.4, -0.2) is 24.3 Å². The molecule has 20 heavy (non-hydrogen) atoms. The molecule has 1 aromatic carbocycles. The third-order valence-electron chi connectivity index (χ3n) is 2.60. The molecule has 0 saturated heterocycles. The lowest BCUT2D eigenvalue weighted by atomic mass is 10.2. The first-order chi connectivity index (χ1) is 9.49. The summed E-state index contributed by atoms with van der Waals surface area (Å²) in [5, 5.41) is 5.38. The average Bonchev–Trinajstić information content (AvgIpc) is 2.38. The predicted molar refractivity (Wildman–Crippen MR) is 76.1 cm³/mol. The van der Waals surface area contributed by atoms with Crippen LogP contribution in [0.2, 0.25) is 0 Å². The summed E-state index contributed by atoms with van der Waals surface area (Å²) in [6, 6.07) is 6.63. The predicted octanol–water partition coefficient (Wildman–Crippen LogP) is 1.03. The van der Waals surface area contributed by atoms with E-state index in [1.54, 1.807) is 24.3 Å². The lowest BCUT2D eigenvalue weighted by Gasteiger charge is -2.06. The van der Waals surface area contributed by atoms with Crippen LogP contribution >= 0.6 is 0 Å². The van der Waals surface area contributed by atoms with E-state index >= 15 is 0 Å². The molecule has 3 amide bonds. The molecule has 0 aromatic heterocycles. The molecule has 0 aliphatic rings. The number of anilines is 1. The van der Waals surface area contributed by atoms with Gasteiger partial charge < -0.3 is 16.4 Å². The Morgan fingerprint density at radius 3 is 2.30 bits per heavy atom. The number of unbranched alkanes of at least 4 members (excludes halogenated alkanes) is 1.